The van der Waals surface area contributed by atoms with E-state index in [1.165, 1.54) is 0 Å². The first-order valence-electron chi connectivity index (χ1n) is 10.1. The summed E-state index contributed by atoms with van der Waals surface area (Å²) in [6, 6.07) is 14.0. The van der Waals surface area contributed by atoms with Crippen molar-refractivity contribution in [2.75, 3.05) is 46.4 Å². The molecule has 1 atom stereocenters. The van der Waals surface area contributed by atoms with Crippen LogP contribution in [-0.2, 0) is 4.79 Å². The van der Waals surface area contributed by atoms with Crippen molar-refractivity contribution in [2.45, 2.75) is 19.9 Å². The molecule has 1 aliphatic heterocycles. The first-order chi connectivity index (χ1) is 13.9. The molecule has 1 heterocycles. The van der Waals surface area contributed by atoms with Gasteiger partial charge in [0.25, 0.3) is 5.91 Å². The van der Waals surface area contributed by atoms with Gasteiger partial charge < -0.3 is 15.0 Å². The van der Waals surface area contributed by atoms with Crippen molar-refractivity contribution >= 4 is 29.9 Å². The predicted molar refractivity (Wildman–Crippen MR) is 125 cm³/mol. The van der Waals surface area contributed by atoms with Crippen molar-refractivity contribution in [1.29, 1.82) is 0 Å². The number of nitrogens with zero attached hydrogens (tertiary/aromatic N) is 2. The number of carbonyl (C=O) groups excluding carboxylic acids is 1. The number of carbonyl (C=O) groups is 1. The Morgan fingerprint density at radius 1 is 1.07 bits per heavy atom. The van der Waals surface area contributed by atoms with Crippen LogP contribution in [-0.4, -0.2) is 62.1 Å². The van der Waals surface area contributed by atoms with Crippen LogP contribution in [0.4, 0.5) is 0 Å². The number of aryl methyl sites for hydroxylation is 2. The Bertz CT molecular complexity index is 801. The zero-order valence-electron chi connectivity index (χ0n) is 17.9. The van der Waals surface area contributed by atoms with E-state index in [0.29, 0.717) is 6.54 Å². The van der Waals surface area contributed by atoms with E-state index in [4.69, 9.17) is 16.3 Å². The van der Waals surface area contributed by atoms with E-state index >= 15 is 0 Å². The zero-order chi connectivity index (χ0) is 20.8. The molecule has 0 aliphatic carbocycles. The number of hydrogen-bond acceptors (Lipinski definition) is 4. The second kappa shape index (κ2) is 11.6. The number of amides is 1. The number of rotatable bonds is 7. The molecular weight excluding hydrogens is 421 g/mol. The van der Waals surface area contributed by atoms with Crippen molar-refractivity contribution < 1.29 is 9.53 Å². The van der Waals surface area contributed by atoms with Gasteiger partial charge in [0.05, 0.1) is 6.04 Å². The number of likely N-dealkylation sites (N-methyl/N-ethyl adjacent to an activating group) is 1. The van der Waals surface area contributed by atoms with Gasteiger partial charge in [0.2, 0.25) is 0 Å². The molecule has 0 radical (unpaired) electrons. The number of benzene rings is 2. The summed E-state index contributed by atoms with van der Waals surface area (Å²) in [5, 5.41) is 3.78. The summed E-state index contributed by atoms with van der Waals surface area (Å²) >= 11 is 6.07. The third-order valence-electron chi connectivity index (χ3n) is 5.48. The smallest absolute Gasteiger partial charge is 0.258 e. The van der Waals surface area contributed by atoms with Crippen molar-refractivity contribution in [2.24, 2.45) is 0 Å². The predicted octanol–water partition coefficient (Wildman–Crippen LogP) is 3.86. The topological polar surface area (TPSA) is 44.8 Å². The lowest BCUT2D eigenvalue weighted by Gasteiger charge is -2.38. The summed E-state index contributed by atoms with van der Waals surface area (Å²) in [6.07, 6.45) is 0. The van der Waals surface area contributed by atoms with Crippen LogP contribution >= 0.6 is 24.0 Å². The fourth-order valence-corrected chi connectivity index (χ4v) is 3.83. The standard InChI is InChI=1S/C23H30ClN3O2.ClH/c1-17-5-4-6-18(2)23(17)29-16-22(28)25-15-21(19-7-9-20(24)10-8-19)27-13-11-26(3)12-14-27;/h4-10,21H,11-16H2,1-3H3,(H,25,28);1H. The summed E-state index contributed by atoms with van der Waals surface area (Å²) in [4.78, 5) is 17.2. The Balaban J connectivity index is 0.00000320. The second-order valence-corrected chi connectivity index (χ2v) is 8.16. The van der Waals surface area contributed by atoms with E-state index in [2.05, 4.69) is 22.2 Å². The summed E-state index contributed by atoms with van der Waals surface area (Å²) in [5.74, 6) is 0.678. The number of nitrogens with one attached hydrogen (secondary N) is 1. The normalized spacial score (nSPS) is 15.9. The molecule has 0 bridgehead atoms. The number of halogens is 2. The van der Waals surface area contributed by atoms with Crippen LogP contribution in [0.5, 0.6) is 5.75 Å². The summed E-state index contributed by atoms with van der Waals surface area (Å²) < 4.78 is 5.79. The zero-order valence-corrected chi connectivity index (χ0v) is 19.4. The monoisotopic (exact) mass is 451 g/mol. The minimum absolute atomic E-state index is 0. The van der Waals surface area contributed by atoms with Gasteiger partial charge in [0.15, 0.2) is 6.61 Å². The van der Waals surface area contributed by atoms with Gasteiger partial charge in [-0.25, -0.2) is 0 Å². The van der Waals surface area contributed by atoms with Crippen LogP contribution < -0.4 is 10.1 Å². The maximum atomic E-state index is 12.5. The molecule has 5 nitrogen and oxygen atoms in total. The van der Waals surface area contributed by atoms with Crippen LogP contribution in [0.15, 0.2) is 42.5 Å². The lowest BCUT2D eigenvalue weighted by molar-refractivity contribution is -0.123. The van der Waals surface area contributed by atoms with E-state index < -0.39 is 0 Å². The Morgan fingerprint density at radius 3 is 2.27 bits per heavy atom. The fraction of sp³-hybridized carbons (Fsp3) is 0.435. The van der Waals surface area contributed by atoms with Gasteiger partial charge in [-0.2, -0.15) is 0 Å². The van der Waals surface area contributed by atoms with Crippen molar-refractivity contribution in [3.8, 4) is 5.75 Å². The Labute approximate surface area is 190 Å². The van der Waals surface area contributed by atoms with Gasteiger partial charge in [0, 0.05) is 37.7 Å². The maximum absolute atomic E-state index is 12.5. The minimum Gasteiger partial charge on any atom is -0.483 e. The molecule has 30 heavy (non-hydrogen) atoms. The number of ether oxygens (including phenoxy) is 1. The Morgan fingerprint density at radius 2 is 1.67 bits per heavy atom. The highest BCUT2D eigenvalue weighted by Crippen LogP contribution is 2.24. The van der Waals surface area contributed by atoms with Gasteiger partial charge in [0.1, 0.15) is 5.75 Å². The lowest BCUT2D eigenvalue weighted by atomic mass is 10.0. The minimum atomic E-state index is -0.110. The fourth-order valence-electron chi connectivity index (χ4n) is 3.70. The average molecular weight is 452 g/mol. The van der Waals surface area contributed by atoms with Crippen LogP contribution in [0, 0.1) is 13.8 Å². The van der Waals surface area contributed by atoms with E-state index in [1.54, 1.807) is 0 Å². The van der Waals surface area contributed by atoms with E-state index in [0.717, 1.165) is 53.6 Å². The molecule has 1 fully saturated rings. The summed E-state index contributed by atoms with van der Waals surface area (Å²) in [5.41, 5.74) is 3.23. The second-order valence-electron chi connectivity index (χ2n) is 7.72. The molecule has 0 saturated carbocycles. The SMILES string of the molecule is Cc1cccc(C)c1OCC(=O)NCC(c1ccc(Cl)cc1)N1CCN(C)CC1.Cl. The molecule has 7 heteroatoms. The summed E-state index contributed by atoms with van der Waals surface area (Å²) in [7, 11) is 2.14. The lowest BCUT2D eigenvalue weighted by Crippen LogP contribution is -2.48. The van der Waals surface area contributed by atoms with Crippen molar-refractivity contribution in [1.82, 2.24) is 15.1 Å². The molecule has 1 aliphatic rings. The van der Waals surface area contributed by atoms with Crippen LogP contribution in [0.3, 0.4) is 0 Å². The molecule has 2 aromatic carbocycles. The van der Waals surface area contributed by atoms with E-state index in [1.807, 2.05) is 56.3 Å². The Hall–Kier alpha value is -1.79. The molecule has 3 rings (SSSR count). The van der Waals surface area contributed by atoms with Crippen LogP contribution in [0.1, 0.15) is 22.7 Å². The maximum Gasteiger partial charge on any atom is 0.258 e. The first kappa shape index (κ1) is 24.5. The third kappa shape index (κ3) is 6.61. The molecular formula is C23H31Cl2N3O2. The number of para-hydroxylation sites is 1. The van der Waals surface area contributed by atoms with Crippen molar-refractivity contribution in [3.63, 3.8) is 0 Å². The average Bonchev–Trinajstić information content (AvgIpc) is 2.70. The Kier molecular flexibility index (Phi) is 9.43. The van der Waals surface area contributed by atoms with Gasteiger partial charge in [-0.05, 0) is 49.7 Å². The third-order valence-corrected chi connectivity index (χ3v) is 5.73. The number of hydrogen-bond donors (Lipinski definition) is 1. The van der Waals surface area contributed by atoms with Gasteiger partial charge in [-0.1, -0.05) is 41.9 Å². The molecule has 0 spiro atoms. The molecule has 1 unspecified atom stereocenters. The molecule has 1 saturated heterocycles. The van der Waals surface area contributed by atoms with E-state index in [-0.39, 0.29) is 31.0 Å². The molecule has 1 amide bonds. The van der Waals surface area contributed by atoms with Gasteiger partial charge in [-0.15, -0.1) is 12.4 Å². The quantitative estimate of drug-likeness (QED) is 0.693. The molecule has 0 aromatic heterocycles. The van der Waals surface area contributed by atoms with Crippen molar-refractivity contribution in [3.05, 3.63) is 64.2 Å². The van der Waals surface area contributed by atoms with Crippen LogP contribution in [0.25, 0.3) is 0 Å². The van der Waals surface area contributed by atoms with Crippen LogP contribution in [0.2, 0.25) is 5.02 Å². The molecule has 164 valence electrons. The molecule has 2 aromatic rings. The number of piperazine rings is 1. The summed E-state index contributed by atoms with van der Waals surface area (Å²) in [6.45, 7) is 8.52. The highest BCUT2D eigenvalue weighted by atomic mass is 35.5. The van der Waals surface area contributed by atoms with Gasteiger partial charge in [-0.3, -0.25) is 9.69 Å². The molecule has 1 N–H and O–H groups in total. The highest BCUT2D eigenvalue weighted by molar-refractivity contribution is 6.30. The van der Waals surface area contributed by atoms with E-state index in [9.17, 15) is 4.79 Å². The first-order valence-corrected chi connectivity index (χ1v) is 10.5. The van der Waals surface area contributed by atoms with Gasteiger partial charge >= 0.3 is 0 Å². The largest absolute Gasteiger partial charge is 0.483 e. The highest BCUT2D eigenvalue weighted by Gasteiger charge is 2.24.